The first-order valence-electron chi connectivity index (χ1n) is 26.2. The molecule has 29 heteroatoms. The van der Waals surface area contributed by atoms with Crippen LogP contribution in [0.3, 0.4) is 0 Å². The summed E-state index contributed by atoms with van der Waals surface area (Å²) < 4.78 is 46.0. The molecule has 15 atom stereocenters. The lowest BCUT2D eigenvalue weighted by Crippen LogP contribution is -2.58. The molecule has 0 radical (unpaired) electrons. The number of hydrogen-bond donors (Lipinski definition) is 9. The van der Waals surface area contributed by atoms with E-state index in [4.69, 9.17) is 57.7 Å². The fourth-order valence-electron chi connectivity index (χ4n) is 9.06. The molecule has 2 aromatic heterocycles. The van der Waals surface area contributed by atoms with Crippen LogP contribution in [0.4, 0.5) is 0 Å². The molecule has 446 valence electrons. The van der Waals surface area contributed by atoms with Crippen LogP contribution in [0.1, 0.15) is 97.3 Å². The van der Waals surface area contributed by atoms with Crippen molar-refractivity contribution in [1.29, 1.82) is 0 Å². The highest BCUT2D eigenvalue weighted by Crippen LogP contribution is 2.39. The van der Waals surface area contributed by atoms with E-state index in [0.717, 1.165) is 23.9 Å². The number of hydrogen-bond acceptors (Lipinski definition) is 27. The SMILES string of the molecule is C=CCOc1cc([C@@H](CCCC(C=C)Oc2cc([C@@H](CCC)NC(=O)[C@]3(C)CSC(/C(C)=N/O[C@H]4O[C@H](CO)[C@@H](O)[C@@H]5OC(C)(C)O[C@H]45)=N3)oc(=O)c2)NC(=O)[C@]2(N)CSC(/C(C)=N/O[C@H]3O[C@H](CO)[C@@H](O)[C@H](O)[C@@H]3O)=N2)oc(=O)c1. The molecule has 0 aliphatic carbocycles. The van der Waals surface area contributed by atoms with Gasteiger partial charge in [0.2, 0.25) is 5.91 Å². The van der Waals surface area contributed by atoms with E-state index in [1.165, 1.54) is 43.0 Å². The maximum absolute atomic E-state index is 14.1. The maximum Gasteiger partial charge on any atom is 0.339 e. The molecule has 7 heterocycles. The van der Waals surface area contributed by atoms with Crippen LogP contribution >= 0.6 is 23.5 Å². The molecule has 27 nitrogen and oxygen atoms in total. The summed E-state index contributed by atoms with van der Waals surface area (Å²) in [5, 5.41) is 75.2. The second kappa shape index (κ2) is 27.2. The van der Waals surface area contributed by atoms with Gasteiger partial charge in [-0.05, 0) is 60.3 Å². The number of nitrogens with zero attached hydrogens (tertiary/aromatic N) is 4. The summed E-state index contributed by atoms with van der Waals surface area (Å²) in [6, 6.07) is 3.51. The zero-order valence-electron chi connectivity index (χ0n) is 45.5. The summed E-state index contributed by atoms with van der Waals surface area (Å²) in [6.07, 6.45) is -8.88. The van der Waals surface area contributed by atoms with E-state index in [1.807, 2.05) is 6.92 Å². The molecule has 0 saturated carbocycles. The maximum atomic E-state index is 14.1. The van der Waals surface area contributed by atoms with Crippen LogP contribution < -0.4 is 37.1 Å². The molecule has 3 fully saturated rings. The topological polar surface area (TPSA) is 389 Å². The first-order chi connectivity index (χ1) is 38.4. The molecule has 10 N–H and O–H groups in total. The average molecular weight is 1180 g/mol. The Hall–Kier alpha value is -5.54. The number of aliphatic hydroxyl groups is 6. The summed E-state index contributed by atoms with van der Waals surface area (Å²) in [7, 11) is 0. The van der Waals surface area contributed by atoms with Crippen molar-refractivity contribution in [1.82, 2.24) is 10.6 Å². The molecule has 2 amide bonds. The number of carbonyl (C=O) groups excluding carboxylic acids is 2. The number of aliphatic imine (C=N–C) groups is 2. The fourth-order valence-corrected chi connectivity index (χ4v) is 11.2. The molecule has 0 spiro atoms. The minimum atomic E-state index is -1.87. The summed E-state index contributed by atoms with van der Waals surface area (Å²) in [5.74, 6) is -1.64. The molecular weight excluding hydrogens is 1110 g/mol. The van der Waals surface area contributed by atoms with Gasteiger partial charge in [0, 0.05) is 23.6 Å². The lowest BCUT2D eigenvalue weighted by Gasteiger charge is -2.38. The first-order valence-corrected chi connectivity index (χ1v) is 28.1. The predicted molar refractivity (Wildman–Crippen MR) is 294 cm³/mol. The van der Waals surface area contributed by atoms with E-state index in [0.29, 0.717) is 30.0 Å². The summed E-state index contributed by atoms with van der Waals surface area (Å²) in [6.45, 7) is 16.5. The van der Waals surface area contributed by atoms with E-state index in [2.05, 4.69) is 39.1 Å². The van der Waals surface area contributed by atoms with E-state index in [1.54, 1.807) is 27.7 Å². The number of fused-ring (bicyclic) bond motifs is 1. The third-order valence-corrected chi connectivity index (χ3v) is 16.1. The van der Waals surface area contributed by atoms with Crippen molar-refractivity contribution in [3.8, 4) is 11.5 Å². The third kappa shape index (κ3) is 15.4. The van der Waals surface area contributed by atoms with Crippen molar-refractivity contribution in [2.75, 3.05) is 31.3 Å². The molecule has 1 unspecified atom stereocenters. The van der Waals surface area contributed by atoms with Crippen molar-refractivity contribution in [3.63, 3.8) is 0 Å². The van der Waals surface area contributed by atoms with Gasteiger partial charge in [-0.2, -0.15) is 0 Å². The minimum Gasteiger partial charge on any atom is -0.489 e. The Kier molecular flexibility index (Phi) is 21.2. The zero-order chi connectivity index (χ0) is 59.0. The van der Waals surface area contributed by atoms with Crippen molar-refractivity contribution >= 4 is 56.8 Å². The Balaban J connectivity index is 1.000. The average Bonchev–Trinajstić information content (AvgIpc) is 4.38. The Morgan fingerprint density at radius 3 is 1.99 bits per heavy atom. The smallest absolute Gasteiger partial charge is 0.339 e. The van der Waals surface area contributed by atoms with Crippen molar-refractivity contribution in [3.05, 3.63) is 81.9 Å². The highest BCUT2D eigenvalue weighted by atomic mass is 32.2. The van der Waals surface area contributed by atoms with E-state index >= 15 is 0 Å². The highest BCUT2D eigenvalue weighted by molar-refractivity contribution is 8.16. The molecule has 0 aromatic carbocycles. The van der Waals surface area contributed by atoms with E-state index in [9.17, 15) is 49.8 Å². The molecule has 0 bridgehead atoms. The number of amides is 2. The van der Waals surface area contributed by atoms with Crippen LogP contribution in [0.2, 0.25) is 0 Å². The zero-order valence-corrected chi connectivity index (χ0v) is 47.2. The molecule has 5 aliphatic heterocycles. The van der Waals surface area contributed by atoms with Gasteiger partial charge in [-0.15, -0.1) is 23.5 Å². The second-order valence-electron chi connectivity index (χ2n) is 20.4. The van der Waals surface area contributed by atoms with Crippen LogP contribution in [-0.2, 0) is 38.2 Å². The largest absolute Gasteiger partial charge is 0.489 e. The Bertz CT molecular complexity index is 2830. The van der Waals surface area contributed by atoms with Crippen LogP contribution in [0.25, 0.3) is 0 Å². The summed E-state index contributed by atoms with van der Waals surface area (Å²) >= 11 is 2.35. The van der Waals surface area contributed by atoms with Gasteiger partial charge in [-0.25, -0.2) is 14.6 Å². The Labute approximate surface area is 474 Å². The van der Waals surface area contributed by atoms with Crippen LogP contribution in [0, 0.1) is 0 Å². The Morgan fingerprint density at radius 2 is 1.35 bits per heavy atom. The van der Waals surface area contributed by atoms with Crippen LogP contribution in [-0.4, -0.2) is 180 Å². The number of nitrogens with two attached hydrogens (primary N) is 1. The van der Waals surface area contributed by atoms with E-state index < -0.39 is 133 Å². The number of rotatable bonds is 26. The normalized spacial score (nSPS) is 31.2. The molecule has 2 aromatic rings. The van der Waals surface area contributed by atoms with Crippen LogP contribution in [0.5, 0.6) is 11.5 Å². The first kappa shape index (κ1) is 63.0. The molecular formula is C52H71N7O20S2. The van der Waals surface area contributed by atoms with Gasteiger partial charge in [-0.1, -0.05) is 49.0 Å². The summed E-state index contributed by atoms with van der Waals surface area (Å²) in [4.78, 5) is 74.3. The van der Waals surface area contributed by atoms with Crippen LogP contribution in [0.15, 0.2) is 88.3 Å². The lowest BCUT2D eigenvalue weighted by atomic mass is 9.99. The quantitative estimate of drug-likeness (QED) is 0.0360. The van der Waals surface area contributed by atoms with Gasteiger partial charge >= 0.3 is 11.3 Å². The number of ether oxygens (including phenoxy) is 6. The number of oxime groups is 2. The standard InChI is InChI=1S/C52H71N7O20S2/c1-9-13-30(54-48(68)51(8)23-80-44(56-51)25(4)59-79-47-43-42(76-50(6,7)77-43)39(65)35(22-61)75-47)33-18-29(20-37(63)73-33)71-27(11-3)14-12-15-31(32-17-28(70-16-10-2)19-36(62)72-32)55-49(69)52(53)24-81-45(57-52)26(5)58-78-46-41(67)40(66)38(64)34(21-60)74-46/h10-11,17-20,27,30-31,34-35,38-43,46-47,60-61,64-67H,2-3,9,12-16,21-24,53H2,1,4-8H3,(H,54,68)(H,55,69)/b58-26+,59-25+/t27?,30-,31-,34-,35-,38-,39-,40+,41+,42+,43+,46-,47-,51+,52+/m1/s1. The number of aliphatic hydroxyl groups excluding tert-OH is 6. The van der Waals surface area contributed by atoms with Gasteiger partial charge in [0.05, 0.1) is 37.4 Å². The number of thioether (sulfide) groups is 2. The monoisotopic (exact) mass is 1180 g/mol. The lowest BCUT2D eigenvalue weighted by molar-refractivity contribution is -0.301. The predicted octanol–water partition coefficient (Wildman–Crippen LogP) is 0.964. The van der Waals surface area contributed by atoms with Gasteiger partial charge in [0.15, 0.2) is 17.6 Å². The molecule has 3 saturated heterocycles. The third-order valence-electron chi connectivity index (χ3n) is 13.4. The fraction of sp³-hybridized carbons (Fsp3) is 0.615. The second-order valence-corrected chi connectivity index (χ2v) is 22.4. The van der Waals surface area contributed by atoms with Gasteiger partial charge in [-0.3, -0.25) is 20.3 Å². The van der Waals surface area contributed by atoms with Gasteiger partial charge in [0.25, 0.3) is 18.5 Å². The number of carbonyl (C=O) groups is 2. The highest BCUT2D eigenvalue weighted by Gasteiger charge is 2.56. The molecule has 5 aliphatic rings. The summed E-state index contributed by atoms with van der Waals surface area (Å²) in [5.41, 5.74) is 2.38. The van der Waals surface area contributed by atoms with Gasteiger partial charge < -0.3 is 88.2 Å². The molecule has 81 heavy (non-hydrogen) atoms. The van der Waals surface area contributed by atoms with Crippen molar-refractivity contribution < 1.29 is 87.2 Å². The van der Waals surface area contributed by atoms with E-state index in [-0.39, 0.29) is 64.7 Å². The Morgan fingerprint density at radius 1 is 0.778 bits per heavy atom. The minimum absolute atomic E-state index is 0.0378. The van der Waals surface area contributed by atoms with Gasteiger partial charge in [0.1, 0.15) is 106 Å². The van der Waals surface area contributed by atoms with Crippen molar-refractivity contribution in [2.45, 2.75) is 170 Å². The molecule has 7 rings (SSSR count). The number of nitrogens with one attached hydrogen (secondary N) is 2. The van der Waals surface area contributed by atoms with Crippen molar-refractivity contribution in [2.24, 2.45) is 26.0 Å².